The van der Waals surface area contributed by atoms with Crippen LogP contribution >= 0.6 is 0 Å². The van der Waals surface area contributed by atoms with Crippen LogP contribution in [0.3, 0.4) is 0 Å². The van der Waals surface area contributed by atoms with Crippen molar-refractivity contribution in [3.8, 4) is 0 Å². The molecule has 1 unspecified atom stereocenters. The summed E-state index contributed by atoms with van der Waals surface area (Å²) < 4.78 is 0. The number of ketones is 1. The number of allylic oxidation sites excluding steroid dienone is 2. The molecule has 0 aromatic carbocycles. The Morgan fingerprint density at radius 3 is 2.59 bits per heavy atom. The van der Waals surface area contributed by atoms with Crippen molar-refractivity contribution in [3.63, 3.8) is 0 Å². The standard InChI is InChI=1S/C16H28O/c1-5-16(3,4)10-6-7-13(2)11-14-8-9-15(17)12-14/h12-13H,5-11H2,1-4H3. The summed E-state index contributed by atoms with van der Waals surface area (Å²) in [5.41, 5.74) is 1.89. The van der Waals surface area contributed by atoms with E-state index >= 15 is 0 Å². The first kappa shape index (κ1) is 14.5. The van der Waals surface area contributed by atoms with Crippen LogP contribution in [0.2, 0.25) is 0 Å². The molecule has 0 N–H and O–H groups in total. The Morgan fingerprint density at radius 2 is 2.06 bits per heavy atom. The maximum atomic E-state index is 11.1. The van der Waals surface area contributed by atoms with Gasteiger partial charge in [-0.1, -0.05) is 52.5 Å². The summed E-state index contributed by atoms with van der Waals surface area (Å²) in [6, 6.07) is 0. The monoisotopic (exact) mass is 236 g/mol. The minimum atomic E-state index is 0.333. The van der Waals surface area contributed by atoms with Gasteiger partial charge in [-0.25, -0.2) is 0 Å². The van der Waals surface area contributed by atoms with Crippen LogP contribution in [0.4, 0.5) is 0 Å². The molecule has 1 heteroatoms. The van der Waals surface area contributed by atoms with Crippen LogP contribution in [0, 0.1) is 11.3 Å². The van der Waals surface area contributed by atoms with Gasteiger partial charge in [0.15, 0.2) is 5.78 Å². The summed E-state index contributed by atoms with van der Waals surface area (Å²) in [5.74, 6) is 1.07. The SMILES string of the molecule is CCC(C)(C)CCCC(C)CC1=CC(=O)CC1. The third-order valence-corrected chi connectivity index (χ3v) is 4.18. The minimum absolute atomic E-state index is 0.333. The van der Waals surface area contributed by atoms with E-state index < -0.39 is 0 Å². The Morgan fingerprint density at radius 1 is 1.35 bits per heavy atom. The molecule has 0 aromatic rings. The zero-order valence-electron chi connectivity index (χ0n) is 12.0. The molecule has 1 aliphatic rings. The van der Waals surface area contributed by atoms with Gasteiger partial charge in [-0.05, 0) is 36.7 Å². The van der Waals surface area contributed by atoms with Gasteiger partial charge in [-0.15, -0.1) is 0 Å². The van der Waals surface area contributed by atoms with Crippen LogP contribution in [-0.2, 0) is 4.79 Å². The Hall–Kier alpha value is -0.590. The Labute approximate surface area is 107 Å². The van der Waals surface area contributed by atoms with E-state index in [1.165, 1.54) is 31.3 Å². The quantitative estimate of drug-likeness (QED) is 0.614. The molecule has 1 rings (SSSR count). The normalized spacial score (nSPS) is 18.4. The fourth-order valence-corrected chi connectivity index (χ4v) is 2.47. The Kier molecular flexibility index (Phi) is 5.42. The van der Waals surface area contributed by atoms with Gasteiger partial charge in [0.05, 0.1) is 0 Å². The molecule has 98 valence electrons. The topological polar surface area (TPSA) is 17.1 Å². The largest absolute Gasteiger partial charge is 0.295 e. The molecule has 1 atom stereocenters. The number of carbonyl (C=O) groups is 1. The Bertz CT molecular complexity index is 286. The van der Waals surface area contributed by atoms with E-state index in [4.69, 9.17) is 0 Å². The zero-order chi connectivity index (χ0) is 12.9. The Balaban J connectivity index is 2.20. The maximum Gasteiger partial charge on any atom is 0.155 e. The first-order valence-electron chi connectivity index (χ1n) is 7.15. The van der Waals surface area contributed by atoms with Gasteiger partial charge in [0.1, 0.15) is 0 Å². The molecule has 1 nitrogen and oxygen atoms in total. The first-order chi connectivity index (χ1) is 7.93. The number of hydrogen-bond donors (Lipinski definition) is 0. The van der Waals surface area contributed by atoms with Crippen LogP contribution in [0.1, 0.15) is 72.6 Å². The second kappa shape index (κ2) is 6.37. The molecule has 0 fully saturated rings. The molecule has 0 radical (unpaired) electrons. The maximum absolute atomic E-state index is 11.1. The van der Waals surface area contributed by atoms with E-state index in [1.807, 2.05) is 6.08 Å². The van der Waals surface area contributed by atoms with Crippen LogP contribution < -0.4 is 0 Å². The van der Waals surface area contributed by atoms with Gasteiger partial charge in [-0.3, -0.25) is 4.79 Å². The lowest BCUT2D eigenvalue weighted by molar-refractivity contribution is -0.114. The molecule has 0 saturated heterocycles. The third kappa shape index (κ3) is 5.52. The second-order valence-electron chi connectivity index (χ2n) is 6.49. The first-order valence-corrected chi connectivity index (χ1v) is 7.15. The van der Waals surface area contributed by atoms with Crippen molar-refractivity contribution in [2.24, 2.45) is 11.3 Å². The molecule has 0 saturated carbocycles. The summed E-state index contributed by atoms with van der Waals surface area (Å²) >= 11 is 0. The number of rotatable bonds is 7. The average Bonchev–Trinajstić information content (AvgIpc) is 2.63. The molecule has 0 aromatic heterocycles. The van der Waals surface area contributed by atoms with Crippen molar-refractivity contribution in [2.75, 3.05) is 0 Å². The predicted molar refractivity (Wildman–Crippen MR) is 74.0 cm³/mol. The number of carbonyl (C=O) groups excluding carboxylic acids is 1. The van der Waals surface area contributed by atoms with E-state index in [1.54, 1.807) is 0 Å². The second-order valence-corrected chi connectivity index (χ2v) is 6.49. The lowest BCUT2D eigenvalue weighted by Gasteiger charge is -2.23. The van der Waals surface area contributed by atoms with E-state index in [-0.39, 0.29) is 0 Å². The fourth-order valence-electron chi connectivity index (χ4n) is 2.47. The predicted octanol–water partition coefficient (Wildman–Crippen LogP) is 4.91. The lowest BCUT2D eigenvalue weighted by atomic mass is 9.83. The van der Waals surface area contributed by atoms with Crippen molar-refractivity contribution < 1.29 is 4.79 Å². The van der Waals surface area contributed by atoms with Gasteiger partial charge in [0.25, 0.3) is 0 Å². The summed E-state index contributed by atoms with van der Waals surface area (Å²) in [5, 5.41) is 0. The van der Waals surface area contributed by atoms with Gasteiger partial charge < -0.3 is 0 Å². The molecule has 17 heavy (non-hydrogen) atoms. The summed E-state index contributed by atoms with van der Waals surface area (Å²) in [7, 11) is 0. The van der Waals surface area contributed by atoms with Gasteiger partial charge in [0.2, 0.25) is 0 Å². The molecule has 0 spiro atoms. The molecular formula is C16H28O. The van der Waals surface area contributed by atoms with Crippen LogP contribution in [0.5, 0.6) is 0 Å². The van der Waals surface area contributed by atoms with E-state index in [0.717, 1.165) is 25.2 Å². The highest BCUT2D eigenvalue weighted by Gasteiger charge is 2.17. The van der Waals surface area contributed by atoms with Crippen LogP contribution in [0.15, 0.2) is 11.6 Å². The highest BCUT2D eigenvalue weighted by atomic mass is 16.1. The van der Waals surface area contributed by atoms with Crippen molar-refractivity contribution in [2.45, 2.75) is 72.6 Å². The molecule has 0 heterocycles. The van der Waals surface area contributed by atoms with Crippen molar-refractivity contribution in [3.05, 3.63) is 11.6 Å². The van der Waals surface area contributed by atoms with Gasteiger partial charge in [0, 0.05) is 6.42 Å². The van der Waals surface area contributed by atoms with Crippen molar-refractivity contribution in [1.29, 1.82) is 0 Å². The molecular weight excluding hydrogens is 208 g/mol. The van der Waals surface area contributed by atoms with E-state index in [2.05, 4.69) is 27.7 Å². The molecule has 1 aliphatic carbocycles. The van der Waals surface area contributed by atoms with Gasteiger partial charge in [-0.2, -0.15) is 0 Å². The average molecular weight is 236 g/mol. The van der Waals surface area contributed by atoms with E-state index in [9.17, 15) is 4.79 Å². The minimum Gasteiger partial charge on any atom is -0.295 e. The summed E-state index contributed by atoms with van der Waals surface area (Å²) in [4.78, 5) is 11.1. The van der Waals surface area contributed by atoms with Crippen LogP contribution in [0.25, 0.3) is 0 Å². The van der Waals surface area contributed by atoms with Gasteiger partial charge >= 0.3 is 0 Å². The number of hydrogen-bond acceptors (Lipinski definition) is 1. The summed E-state index contributed by atoms with van der Waals surface area (Å²) in [6.45, 7) is 9.31. The summed E-state index contributed by atoms with van der Waals surface area (Å²) in [6.07, 6.45) is 10.0. The molecule has 0 amide bonds. The highest BCUT2D eigenvalue weighted by Crippen LogP contribution is 2.30. The van der Waals surface area contributed by atoms with Crippen LogP contribution in [-0.4, -0.2) is 5.78 Å². The third-order valence-electron chi connectivity index (χ3n) is 4.18. The van der Waals surface area contributed by atoms with Crippen molar-refractivity contribution in [1.82, 2.24) is 0 Å². The van der Waals surface area contributed by atoms with Crippen molar-refractivity contribution >= 4 is 5.78 Å². The zero-order valence-corrected chi connectivity index (χ0v) is 12.0. The fraction of sp³-hybridized carbons (Fsp3) is 0.812. The molecule has 0 bridgehead atoms. The smallest absolute Gasteiger partial charge is 0.155 e. The van der Waals surface area contributed by atoms with E-state index in [0.29, 0.717) is 11.2 Å². The molecule has 0 aliphatic heterocycles. The lowest BCUT2D eigenvalue weighted by Crippen LogP contribution is -2.10. The highest BCUT2D eigenvalue weighted by molar-refractivity contribution is 5.92.